The summed E-state index contributed by atoms with van der Waals surface area (Å²) in [6.45, 7) is 9.11. The van der Waals surface area contributed by atoms with Crippen LogP contribution in [-0.2, 0) is 15.9 Å². The largest absolute Gasteiger partial charge is 0.462 e. The molecule has 1 N–H and O–H groups in total. The third-order valence-corrected chi connectivity index (χ3v) is 3.09. The van der Waals surface area contributed by atoms with E-state index in [1.165, 1.54) is 0 Å². The smallest absolute Gasteiger partial charge is 0.414 e. The van der Waals surface area contributed by atoms with Crippen LogP contribution in [-0.4, -0.2) is 29.3 Å². The Kier molecular flexibility index (Phi) is 5.11. The molecule has 7 nitrogen and oxygen atoms in total. The summed E-state index contributed by atoms with van der Waals surface area (Å²) in [6.07, 6.45) is 1.72. The number of amides is 1. The number of aromatic nitrogens is 1. The van der Waals surface area contributed by atoms with Crippen molar-refractivity contribution in [3.8, 4) is 0 Å². The molecule has 24 heavy (non-hydrogen) atoms. The Morgan fingerprint density at radius 1 is 1.29 bits per heavy atom. The van der Waals surface area contributed by atoms with Gasteiger partial charge in [-0.2, -0.15) is 0 Å². The fourth-order valence-corrected chi connectivity index (χ4v) is 2.09. The van der Waals surface area contributed by atoms with Gasteiger partial charge in [0.15, 0.2) is 5.58 Å². The van der Waals surface area contributed by atoms with E-state index in [4.69, 9.17) is 13.9 Å². The normalized spacial score (nSPS) is 11.4. The monoisotopic (exact) mass is 334 g/mol. The second-order valence-corrected chi connectivity index (χ2v) is 6.20. The van der Waals surface area contributed by atoms with E-state index >= 15 is 0 Å². The highest BCUT2D eigenvalue weighted by atomic mass is 16.6. The summed E-state index contributed by atoms with van der Waals surface area (Å²) < 4.78 is 15.9. The van der Waals surface area contributed by atoms with Gasteiger partial charge in [0.05, 0.1) is 6.61 Å². The summed E-state index contributed by atoms with van der Waals surface area (Å²) in [7, 11) is 0. The molecule has 2 aromatic heterocycles. The highest BCUT2D eigenvalue weighted by molar-refractivity contribution is 6.08. The van der Waals surface area contributed by atoms with E-state index in [9.17, 15) is 9.59 Å². The lowest BCUT2D eigenvalue weighted by Crippen LogP contribution is -2.27. The van der Waals surface area contributed by atoms with Crippen molar-refractivity contribution < 1.29 is 23.5 Å². The number of nitrogens with one attached hydrogen (secondary N) is 1. The molecular weight excluding hydrogens is 312 g/mol. The topological polar surface area (TPSA) is 90.7 Å². The molecule has 1 amide bonds. The van der Waals surface area contributed by atoms with Gasteiger partial charge in [-0.3, -0.25) is 10.3 Å². The van der Waals surface area contributed by atoms with Gasteiger partial charge in [0.2, 0.25) is 5.88 Å². The highest BCUT2D eigenvalue weighted by Crippen LogP contribution is 2.30. The van der Waals surface area contributed by atoms with Gasteiger partial charge in [-0.1, -0.05) is 6.92 Å². The van der Waals surface area contributed by atoms with Crippen LogP contribution >= 0.6 is 0 Å². The van der Waals surface area contributed by atoms with E-state index in [0.29, 0.717) is 11.1 Å². The van der Waals surface area contributed by atoms with Crippen molar-refractivity contribution in [3.05, 3.63) is 23.4 Å². The van der Waals surface area contributed by atoms with Gasteiger partial charge in [0.25, 0.3) is 0 Å². The first kappa shape index (κ1) is 17.8. The summed E-state index contributed by atoms with van der Waals surface area (Å²) >= 11 is 0. The average Bonchev–Trinajstić information content (AvgIpc) is 2.81. The number of esters is 1. The minimum Gasteiger partial charge on any atom is -0.462 e. The second-order valence-electron chi connectivity index (χ2n) is 6.20. The number of carbonyl (C=O) groups excluding carboxylic acids is 2. The summed E-state index contributed by atoms with van der Waals surface area (Å²) in [5.74, 6) is -0.641. The number of furan rings is 1. The van der Waals surface area contributed by atoms with Crippen LogP contribution in [0.5, 0.6) is 0 Å². The number of ether oxygens (including phenoxy) is 2. The maximum atomic E-state index is 12.2. The zero-order chi connectivity index (χ0) is 17.9. The van der Waals surface area contributed by atoms with Crippen LogP contribution in [0.4, 0.5) is 10.7 Å². The molecule has 2 aromatic rings. The lowest BCUT2D eigenvalue weighted by Gasteiger charge is -2.19. The lowest BCUT2D eigenvalue weighted by atomic mass is 10.2. The highest BCUT2D eigenvalue weighted by Gasteiger charge is 2.26. The molecule has 0 aliphatic rings. The van der Waals surface area contributed by atoms with E-state index in [1.807, 2.05) is 6.92 Å². The van der Waals surface area contributed by atoms with Crippen molar-refractivity contribution in [2.24, 2.45) is 0 Å². The van der Waals surface area contributed by atoms with Gasteiger partial charge < -0.3 is 13.9 Å². The molecule has 0 saturated carbocycles. The van der Waals surface area contributed by atoms with E-state index in [0.717, 1.165) is 12.0 Å². The van der Waals surface area contributed by atoms with E-state index in [-0.39, 0.29) is 18.1 Å². The van der Waals surface area contributed by atoms with Gasteiger partial charge in [-0.05, 0) is 45.7 Å². The van der Waals surface area contributed by atoms with Crippen LogP contribution < -0.4 is 5.32 Å². The van der Waals surface area contributed by atoms with Crippen LogP contribution in [0.15, 0.2) is 16.7 Å². The molecule has 0 fully saturated rings. The predicted octanol–water partition coefficient (Wildman–Crippen LogP) is 3.91. The third kappa shape index (κ3) is 4.04. The van der Waals surface area contributed by atoms with Gasteiger partial charge in [-0.25, -0.2) is 9.59 Å². The quantitative estimate of drug-likeness (QED) is 0.852. The molecule has 0 aliphatic heterocycles. The Balaban J connectivity index is 2.44. The molecule has 0 aromatic carbocycles. The summed E-state index contributed by atoms with van der Waals surface area (Å²) in [5, 5.41) is 2.46. The second kappa shape index (κ2) is 6.90. The lowest BCUT2D eigenvalue weighted by molar-refractivity contribution is 0.0529. The molecule has 0 atom stereocenters. The zero-order valence-corrected chi connectivity index (χ0v) is 14.6. The number of hydrogen-bond acceptors (Lipinski definition) is 6. The Hall–Kier alpha value is -2.57. The number of aryl methyl sites for hydroxylation is 1. The van der Waals surface area contributed by atoms with Gasteiger partial charge in [0, 0.05) is 6.20 Å². The maximum Gasteiger partial charge on any atom is 0.414 e. The van der Waals surface area contributed by atoms with Crippen LogP contribution in [0.2, 0.25) is 0 Å². The van der Waals surface area contributed by atoms with E-state index in [2.05, 4.69) is 10.3 Å². The number of nitrogens with zero attached hydrogens (tertiary/aromatic N) is 1. The minimum absolute atomic E-state index is 0.0292. The molecule has 2 rings (SSSR count). The first-order chi connectivity index (χ1) is 11.2. The molecule has 0 saturated heterocycles. The van der Waals surface area contributed by atoms with Crippen LogP contribution in [0, 0.1) is 0 Å². The molecule has 130 valence electrons. The summed E-state index contributed by atoms with van der Waals surface area (Å²) in [6, 6.07) is 1.78. The molecule has 0 aliphatic carbocycles. The number of anilines is 1. The zero-order valence-electron chi connectivity index (χ0n) is 14.6. The van der Waals surface area contributed by atoms with E-state index in [1.54, 1.807) is 40.0 Å². The minimum atomic E-state index is -0.720. The molecule has 0 bridgehead atoms. The first-order valence-electron chi connectivity index (χ1n) is 7.83. The summed E-state index contributed by atoms with van der Waals surface area (Å²) in [4.78, 5) is 28.5. The summed E-state index contributed by atoms with van der Waals surface area (Å²) in [5.41, 5.74) is 1.12. The molecule has 0 radical (unpaired) electrons. The van der Waals surface area contributed by atoms with Crippen molar-refractivity contribution in [2.75, 3.05) is 11.9 Å². The maximum absolute atomic E-state index is 12.2. The molecule has 0 unspecified atom stereocenters. The van der Waals surface area contributed by atoms with Crippen molar-refractivity contribution in [3.63, 3.8) is 0 Å². The Morgan fingerprint density at radius 2 is 2.00 bits per heavy atom. The van der Waals surface area contributed by atoms with Crippen molar-refractivity contribution in [1.29, 1.82) is 0 Å². The number of pyridine rings is 1. The number of carbonyl (C=O) groups is 2. The van der Waals surface area contributed by atoms with E-state index < -0.39 is 17.7 Å². The standard InChI is InChI=1S/C17H22N2O5/c1-6-10-8-11-13(18-9-10)12(15(20)22-7-2)14(23-11)19-16(21)24-17(3,4)5/h8-9H,6-7H2,1-5H3,(H,19,21). The third-order valence-electron chi connectivity index (χ3n) is 3.09. The molecule has 7 heteroatoms. The predicted molar refractivity (Wildman–Crippen MR) is 89.2 cm³/mol. The Morgan fingerprint density at radius 3 is 2.58 bits per heavy atom. The Labute approximate surface area is 140 Å². The fraction of sp³-hybridized carbons (Fsp3) is 0.471. The van der Waals surface area contributed by atoms with Crippen LogP contribution in [0.1, 0.15) is 50.5 Å². The van der Waals surface area contributed by atoms with Gasteiger partial charge in [0.1, 0.15) is 16.7 Å². The van der Waals surface area contributed by atoms with Gasteiger partial charge >= 0.3 is 12.1 Å². The molecule has 0 spiro atoms. The van der Waals surface area contributed by atoms with Crippen LogP contribution in [0.25, 0.3) is 11.1 Å². The average molecular weight is 334 g/mol. The number of rotatable bonds is 4. The number of fused-ring (bicyclic) bond motifs is 1. The van der Waals surface area contributed by atoms with Crippen LogP contribution in [0.3, 0.4) is 0 Å². The van der Waals surface area contributed by atoms with Crippen molar-refractivity contribution in [1.82, 2.24) is 4.98 Å². The molecular formula is C17H22N2O5. The molecule has 2 heterocycles. The van der Waals surface area contributed by atoms with Crippen molar-refractivity contribution in [2.45, 2.75) is 46.6 Å². The first-order valence-corrected chi connectivity index (χ1v) is 7.83. The fourth-order valence-electron chi connectivity index (χ4n) is 2.09. The van der Waals surface area contributed by atoms with Gasteiger partial charge in [-0.15, -0.1) is 0 Å². The Bertz CT molecular complexity index is 758. The van der Waals surface area contributed by atoms with Crippen molar-refractivity contribution >= 4 is 29.0 Å². The number of hydrogen-bond donors (Lipinski definition) is 1. The SMILES string of the molecule is CCOC(=O)c1c(NC(=O)OC(C)(C)C)oc2cc(CC)cnc12.